The molecule has 0 radical (unpaired) electrons. The Kier molecular flexibility index (Phi) is 6.68. The molecule has 1 aliphatic rings. The molecule has 3 rings (SSSR count). The first-order valence-electron chi connectivity index (χ1n) is 8.90. The zero-order valence-corrected chi connectivity index (χ0v) is 16.4. The minimum atomic E-state index is -3.58. The second kappa shape index (κ2) is 9.39. The molecule has 1 aliphatic heterocycles. The number of ether oxygens (including phenoxy) is 1. The van der Waals surface area contributed by atoms with E-state index >= 15 is 0 Å². The summed E-state index contributed by atoms with van der Waals surface area (Å²) in [5.74, 6) is -1.13. The Bertz CT molecular complexity index is 972. The Morgan fingerprint density at radius 2 is 1.79 bits per heavy atom. The van der Waals surface area contributed by atoms with Crippen LogP contribution in [0.25, 0.3) is 6.08 Å². The molecule has 1 aromatic carbocycles. The number of hydrogen-bond donors (Lipinski definition) is 0. The highest BCUT2D eigenvalue weighted by atomic mass is 32.2. The van der Waals surface area contributed by atoms with E-state index in [1.165, 1.54) is 33.2 Å². The highest BCUT2D eigenvalue weighted by Crippen LogP contribution is 2.12. The number of sulfonamides is 1. The fourth-order valence-electron chi connectivity index (χ4n) is 2.70. The van der Waals surface area contributed by atoms with Gasteiger partial charge in [-0.3, -0.25) is 9.78 Å². The van der Waals surface area contributed by atoms with E-state index in [0.29, 0.717) is 0 Å². The first-order valence-corrected chi connectivity index (χ1v) is 10.4. The third-order valence-corrected chi connectivity index (χ3v) is 5.85. The molecule has 1 fully saturated rings. The number of aromatic nitrogens is 2. The predicted octanol–water partition coefficient (Wildman–Crippen LogP) is 0.778. The Balaban J connectivity index is 1.48. The third-order valence-electron chi connectivity index (χ3n) is 4.28. The minimum Gasteiger partial charge on any atom is -0.451 e. The van der Waals surface area contributed by atoms with Crippen molar-refractivity contribution in [3.63, 3.8) is 0 Å². The average molecular weight is 416 g/mol. The van der Waals surface area contributed by atoms with E-state index in [1.54, 1.807) is 6.08 Å². The van der Waals surface area contributed by atoms with Gasteiger partial charge >= 0.3 is 5.97 Å². The van der Waals surface area contributed by atoms with Gasteiger partial charge in [-0.1, -0.05) is 30.3 Å². The zero-order chi connectivity index (χ0) is 20.7. The minimum absolute atomic E-state index is 0.0152. The van der Waals surface area contributed by atoms with Crippen LogP contribution in [0.1, 0.15) is 16.1 Å². The molecule has 0 bridgehead atoms. The highest BCUT2D eigenvalue weighted by molar-refractivity contribution is 7.92. The monoisotopic (exact) mass is 416 g/mol. The fraction of sp³-hybridized carbons (Fsp3) is 0.263. The summed E-state index contributed by atoms with van der Waals surface area (Å²) < 4.78 is 31.2. The summed E-state index contributed by atoms with van der Waals surface area (Å²) in [6.45, 7) is 0.354. The summed E-state index contributed by atoms with van der Waals surface area (Å²) in [5.41, 5.74) is 0.802. The first-order chi connectivity index (χ1) is 14.0. The van der Waals surface area contributed by atoms with Crippen LogP contribution in [-0.4, -0.2) is 72.3 Å². The van der Waals surface area contributed by atoms with Crippen molar-refractivity contribution >= 4 is 28.0 Å². The molecule has 0 saturated carbocycles. The van der Waals surface area contributed by atoms with E-state index in [-0.39, 0.29) is 37.8 Å². The lowest BCUT2D eigenvalue weighted by Gasteiger charge is -2.33. The molecule has 0 N–H and O–H groups in total. The average Bonchev–Trinajstić information content (AvgIpc) is 2.77. The van der Waals surface area contributed by atoms with Gasteiger partial charge in [0, 0.05) is 44.0 Å². The fourth-order valence-corrected chi connectivity index (χ4v) is 3.88. The van der Waals surface area contributed by atoms with E-state index in [1.807, 2.05) is 30.3 Å². The van der Waals surface area contributed by atoms with Crippen LogP contribution in [0, 0.1) is 0 Å². The summed E-state index contributed by atoms with van der Waals surface area (Å²) >= 11 is 0. The molecular formula is C19H20N4O5S. The molecule has 1 aromatic heterocycles. The van der Waals surface area contributed by atoms with E-state index in [9.17, 15) is 18.0 Å². The Morgan fingerprint density at radius 3 is 2.45 bits per heavy atom. The summed E-state index contributed by atoms with van der Waals surface area (Å²) in [5, 5.41) is 1.17. The quantitative estimate of drug-likeness (QED) is 0.640. The van der Waals surface area contributed by atoms with Crippen molar-refractivity contribution in [1.82, 2.24) is 19.2 Å². The maximum atomic E-state index is 12.5. The number of nitrogens with zero attached hydrogens (tertiary/aromatic N) is 4. The molecule has 0 unspecified atom stereocenters. The number of amides is 1. The van der Waals surface area contributed by atoms with Crippen LogP contribution in [0.5, 0.6) is 0 Å². The SMILES string of the molecule is O=C(OCC(=O)N1CCN(S(=O)(=O)/C=C/c2ccccc2)CC1)c1cnccn1. The van der Waals surface area contributed by atoms with Crippen LogP contribution in [0.2, 0.25) is 0 Å². The number of benzene rings is 1. The lowest BCUT2D eigenvalue weighted by molar-refractivity contribution is -0.135. The van der Waals surface area contributed by atoms with Crippen LogP contribution < -0.4 is 0 Å². The van der Waals surface area contributed by atoms with E-state index < -0.39 is 22.6 Å². The summed E-state index contributed by atoms with van der Waals surface area (Å²) in [6.07, 6.45) is 5.56. The van der Waals surface area contributed by atoms with Crippen molar-refractivity contribution in [3.8, 4) is 0 Å². The number of piperazine rings is 1. The van der Waals surface area contributed by atoms with Gasteiger partial charge in [-0.2, -0.15) is 4.31 Å². The lowest BCUT2D eigenvalue weighted by atomic mass is 10.2. The van der Waals surface area contributed by atoms with Gasteiger partial charge in [0.1, 0.15) is 0 Å². The second-order valence-corrected chi connectivity index (χ2v) is 8.02. The van der Waals surface area contributed by atoms with Crippen molar-refractivity contribution in [2.45, 2.75) is 0 Å². The van der Waals surface area contributed by atoms with Crippen molar-refractivity contribution < 1.29 is 22.7 Å². The number of carbonyl (C=O) groups excluding carboxylic acids is 2. The Labute approximate surface area is 168 Å². The van der Waals surface area contributed by atoms with E-state index in [2.05, 4.69) is 9.97 Å². The Morgan fingerprint density at radius 1 is 1.07 bits per heavy atom. The molecule has 2 heterocycles. The second-order valence-electron chi connectivity index (χ2n) is 6.20. The van der Waals surface area contributed by atoms with Crippen LogP contribution in [0.15, 0.2) is 54.3 Å². The number of rotatable bonds is 6. The van der Waals surface area contributed by atoms with E-state index in [4.69, 9.17) is 4.74 Å². The van der Waals surface area contributed by atoms with E-state index in [0.717, 1.165) is 5.56 Å². The van der Waals surface area contributed by atoms with Gasteiger partial charge in [0.25, 0.3) is 5.91 Å². The van der Waals surface area contributed by atoms with Crippen LogP contribution in [0.4, 0.5) is 0 Å². The van der Waals surface area contributed by atoms with Gasteiger partial charge in [0.2, 0.25) is 10.0 Å². The van der Waals surface area contributed by atoms with Crippen molar-refractivity contribution in [1.29, 1.82) is 0 Å². The molecule has 0 atom stereocenters. The molecule has 9 nitrogen and oxygen atoms in total. The molecule has 10 heteroatoms. The topological polar surface area (TPSA) is 110 Å². The molecular weight excluding hydrogens is 396 g/mol. The predicted molar refractivity (Wildman–Crippen MR) is 105 cm³/mol. The maximum absolute atomic E-state index is 12.5. The smallest absolute Gasteiger partial charge is 0.359 e. The van der Waals surface area contributed by atoms with Crippen molar-refractivity contribution in [2.75, 3.05) is 32.8 Å². The number of carbonyl (C=O) groups is 2. The Hall–Kier alpha value is -3.11. The van der Waals surface area contributed by atoms with Gasteiger partial charge in [-0.15, -0.1) is 0 Å². The molecule has 29 heavy (non-hydrogen) atoms. The van der Waals surface area contributed by atoms with Gasteiger partial charge in [-0.25, -0.2) is 18.2 Å². The maximum Gasteiger partial charge on any atom is 0.359 e. The highest BCUT2D eigenvalue weighted by Gasteiger charge is 2.27. The largest absolute Gasteiger partial charge is 0.451 e. The molecule has 0 aliphatic carbocycles. The zero-order valence-electron chi connectivity index (χ0n) is 15.5. The molecule has 152 valence electrons. The lowest BCUT2D eigenvalue weighted by Crippen LogP contribution is -2.51. The van der Waals surface area contributed by atoms with Crippen LogP contribution in [0.3, 0.4) is 0 Å². The summed E-state index contributed by atoms with van der Waals surface area (Å²) in [4.78, 5) is 33.1. The van der Waals surface area contributed by atoms with Crippen molar-refractivity contribution in [2.24, 2.45) is 0 Å². The van der Waals surface area contributed by atoms with Crippen LogP contribution in [-0.2, 0) is 19.6 Å². The standard InChI is InChI=1S/C19H20N4O5S/c24-18(15-28-19(25)17-14-20-7-8-21-17)22-9-11-23(12-10-22)29(26,27)13-6-16-4-2-1-3-5-16/h1-8,13-14H,9-12,15H2/b13-6+. The number of esters is 1. The van der Waals surface area contributed by atoms with Gasteiger partial charge in [0.15, 0.2) is 12.3 Å². The van der Waals surface area contributed by atoms with Gasteiger partial charge in [-0.05, 0) is 11.6 Å². The third kappa shape index (κ3) is 5.69. The molecule has 1 amide bonds. The van der Waals surface area contributed by atoms with Gasteiger partial charge in [0.05, 0.1) is 6.20 Å². The first kappa shape index (κ1) is 20.6. The normalized spacial score (nSPS) is 15.4. The molecule has 1 saturated heterocycles. The van der Waals surface area contributed by atoms with Gasteiger partial charge < -0.3 is 9.64 Å². The molecule has 2 aromatic rings. The summed E-state index contributed by atoms with van der Waals surface area (Å²) in [6, 6.07) is 9.13. The molecule has 0 spiro atoms. The van der Waals surface area contributed by atoms with Crippen LogP contribution >= 0.6 is 0 Å². The number of hydrogen-bond acceptors (Lipinski definition) is 7. The van der Waals surface area contributed by atoms with Crippen molar-refractivity contribution in [3.05, 3.63) is 65.6 Å². The summed E-state index contributed by atoms with van der Waals surface area (Å²) in [7, 11) is -3.58.